The molecule has 0 aromatic heterocycles. The molecule has 0 saturated heterocycles. The molecule has 0 bridgehead atoms. The molecule has 2 nitrogen and oxygen atoms in total. The largest absolute Gasteiger partial charge is 1.00 e. The van der Waals surface area contributed by atoms with Crippen molar-refractivity contribution in [3.63, 3.8) is 0 Å². The van der Waals surface area contributed by atoms with Crippen LogP contribution in [0.15, 0.2) is 18.2 Å². The van der Waals surface area contributed by atoms with Crippen LogP contribution in [0.4, 0.5) is 17.3 Å². The van der Waals surface area contributed by atoms with E-state index in [1.54, 1.807) is 0 Å². The van der Waals surface area contributed by atoms with Gasteiger partial charge in [0, 0.05) is 13.2 Å². The van der Waals surface area contributed by atoms with Crippen molar-refractivity contribution >= 4 is 12.4 Å². The van der Waals surface area contributed by atoms with E-state index >= 15 is 0 Å². The molecule has 0 N–H and O–H groups in total. The minimum atomic E-state index is -5.20. The van der Waals surface area contributed by atoms with E-state index < -0.39 is 24.0 Å². The summed E-state index contributed by atoms with van der Waals surface area (Å²) >= 11 is 0. The SMILES string of the molecule is COCCOc1cc(F)ccc1[B-](F)(F)F.[K+]. The second kappa shape index (κ2) is 7.75. The summed E-state index contributed by atoms with van der Waals surface area (Å²) in [6, 6.07) is 2.16. The average molecular weight is 276 g/mol. The molecule has 1 aromatic carbocycles. The Morgan fingerprint density at radius 1 is 1.18 bits per heavy atom. The van der Waals surface area contributed by atoms with Crippen molar-refractivity contribution in [1.82, 2.24) is 0 Å². The Morgan fingerprint density at radius 2 is 1.82 bits per heavy atom. The third-order valence-corrected chi connectivity index (χ3v) is 1.87. The van der Waals surface area contributed by atoms with Crippen molar-refractivity contribution in [3.8, 4) is 5.75 Å². The van der Waals surface area contributed by atoms with Crippen LogP contribution in [-0.2, 0) is 4.74 Å². The molecule has 0 amide bonds. The van der Waals surface area contributed by atoms with Crippen LogP contribution in [-0.4, -0.2) is 27.3 Å². The summed E-state index contributed by atoms with van der Waals surface area (Å²) in [5.41, 5.74) is -0.933. The van der Waals surface area contributed by atoms with Crippen molar-refractivity contribution < 1.29 is 78.2 Å². The maximum atomic E-state index is 12.8. The number of ether oxygens (including phenoxy) is 2. The van der Waals surface area contributed by atoms with Gasteiger partial charge in [-0.25, -0.2) is 4.39 Å². The van der Waals surface area contributed by atoms with Gasteiger partial charge < -0.3 is 22.4 Å². The summed E-state index contributed by atoms with van der Waals surface area (Å²) < 4.78 is 59.8. The zero-order valence-electron chi connectivity index (χ0n) is 9.55. The second-order valence-corrected chi connectivity index (χ2v) is 3.10. The van der Waals surface area contributed by atoms with Crippen molar-refractivity contribution in [2.45, 2.75) is 0 Å². The predicted octanol–water partition coefficient (Wildman–Crippen LogP) is -1.09. The maximum absolute atomic E-state index is 12.8. The van der Waals surface area contributed by atoms with Gasteiger partial charge >= 0.3 is 58.4 Å². The molecule has 0 radical (unpaired) electrons. The van der Waals surface area contributed by atoms with Crippen LogP contribution in [0.5, 0.6) is 5.75 Å². The summed E-state index contributed by atoms with van der Waals surface area (Å²) in [6.07, 6.45) is 0. The van der Waals surface area contributed by atoms with E-state index in [4.69, 9.17) is 4.74 Å². The number of benzene rings is 1. The van der Waals surface area contributed by atoms with Gasteiger partial charge in [0.15, 0.2) is 0 Å². The normalized spacial score (nSPS) is 10.9. The molecule has 0 fully saturated rings. The van der Waals surface area contributed by atoms with Gasteiger partial charge in [-0.05, 0) is 6.07 Å². The van der Waals surface area contributed by atoms with Gasteiger partial charge in [0.2, 0.25) is 0 Å². The van der Waals surface area contributed by atoms with Gasteiger partial charge in [-0.2, -0.15) is 0 Å². The van der Waals surface area contributed by atoms with Gasteiger partial charge in [0.25, 0.3) is 0 Å². The molecule has 0 aliphatic rings. The first-order valence-electron chi connectivity index (χ1n) is 4.56. The summed E-state index contributed by atoms with van der Waals surface area (Å²) in [5, 5.41) is 0. The molecule has 17 heavy (non-hydrogen) atoms. The van der Waals surface area contributed by atoms with E-state index in [-0.39, 0.29) is 64.6 Å². The Hall–Kier alpha value is 0.401. The molecule has 1 aromatic rings. The van der Waals surface area contributed by atoms with Crippen molar-refractivity contribution in [3.05, 3.63) is 24.0 Å². The van der Waals surface area contributed by atoms with Crippen LogP contribution in [0.2, 0.25) is 0 Å². The topological polar surface area (TPSA) is 18.5 Å². The summed E-state index contributed by atoms with van der Waals surface area (Å²) in [5.74, 6) is -1.26. The molecule has 8 heteroatoms. The zero-order valence-corrected chi connectivity index (χ0v) is 12.7. The minimum Gasteiger partial charge on any atom is -0.494 e. The Morgan fingerprint density at radius 3 is 2.35 bits per heavy atom. The first-order valence-corrected chi connectivity index (χ1v) is 4.56. The van der Waals surface area contributed by atoms with Crippen LogP contribution in [0.3, 0.4) is 0 Å². The van der Waals surface area contributed by atoms with Crippen molar-refractivity contribution in [2.24, 2.45) is 0 Å². The third-order valence-electron chi connectivity index (χ3n) is 1.87. The quantitative estimate of drug-likeness (QED) is 0.386. The smallest absolute Gasteiger partial charge is 0.494 e. The van der Waals surface area contributed by atoms with E-state index in [2.05, 4.69) is 4.74 Å². The van der Waals surface area contributed by atoms with Crippen LogP contribution in [0.1, 0.15) is 0 Å². The molecular weight excluding hydrogens is 266 g/mol. The molecule has 0 spiro atoms. The van der Waals surface area contributed by atoms with Crippen LogP contribution < -0.4 is 61.6 Å². The van der Waals surface area contributed by atoms with E-state index in [0.717, 1.165) is 12.1 Å². The fraction of sp³-hybridized carbons (Fsp3) is 0.333. The van der Waals surface area contributed by atoms with E-state index in [0.29, 0.717) is 6.07 Å². The number of hydrogen-bond acceptors (Lipinski definition) is 2. The Kier molecular flexibility index (Phi) is 7.94. The minimum absolute atomic E-state index is 0. The molecule has 0 aliphatic heterocycles. The molecule has 0 saturated carbocycles. The molecule has 0 heterocycles. The van der Waals surface area contributed by atoms with E-state index in [1.807, 2.05) is 0 Å². The van der Waals surface area contributed by atoms with Crippen LogP contribution >= 0.6 is 0 Å². The predicted molar refractivity (Wildman–Crippen MR) is 52.5 cm³/mol. The van der Waals surface area contributed by atoms with Crippen molar-refractivity contribution in [1.29, 1.82) is 0 Å². The third kappa shape index (κ3) is 5.71. The second-order valence-electron chi connectivity index (χ2n) is 3.10. The number of hydrogen-bond donors (Lipinski definition) is 0. The average Bonchev–Trinajstić information content (AvgIpc) is 2.16. The monoisotopic (exact) mass is 276 g/mol. The van der Waals surface area contributed by atoms with Crippen LogP contribution in [0.25, 0.3) is 0 Å². The maximum Gasteiger partial charge on any atom is 1.00 e. The Labute approximate surface area is 139 Å². The van der Waals surface area contributed by atoms with E-state index in [1.165, 1.54) is 7.11 Å². The van der Waals surface area contributed by atoms with Crippen molar-refractivity contribution in [2.75, 3.05) is 20.3 Å². The molecule has 0 unspecified atom stereocenters. The van der Waals surface area contributed by atoms with Gasteiger partial charge in [-0.1, -0.05) is 11.5 Å². The zero-order chi connectivity index (χ0) is 12.2. The number of methoxy groups -OCH3 is 1. The first kappa shape index (κ1) is 17.4. The first-order chi connectivity index (χ1) is 7.45. The molecule has 90 valence electrons. The molecule has 0 aliphatic carbocycles. The summed E-state index contributed by atoms with van der Waals surface area (Å²) in [6.45, 7) is -5.12. The fourth-order valence-electron chi connectivity index (χ4n) is 1.14. The molecule has 1 rings (SSSR count). The van der Waals surface area contributed by atoms with Crippen LogP contribution in [0, 0.1) is 5.82 Å². The summed E-state index contributed by atoms with van der Waals surface area (Å²) in [7, 11) is 1.39. The standard InChI is InChI=1S/C9H10BF4O2.K/c1-15-4-5-16-9-6-7(11)2-3-8(9)10(12,13)14;/h2-3,6H,4-5H2,1H3;/q-1;+1. The van der Waals surface area contributed by atoms with E-state index in [9.17, 15) is 17.3 Å². The van der Waals surface area contributed by atoms with Gasteiger partial charge in [-0.3, -0.25) is 0 Å². The Balaban J connectivity index is 0.00000256. The molecule has 0 atom stereocenters. The number of rotatable bonds is 5. The van der Waals surface area contributed by atoms with Gasteiger partial charge in [0.05, 0.1) is 12.4 Å². The van der Waals surface area contributed by atoms with Gasteiger partial charge in [0.1, 0.15) is 12.4 Å². The Bertz CT molecular complexity index is 359. The molecular formula is C9H10BF4KO2. The van der Waals surface area contributed by atoms with Gasteiger partial charge in [-0.15, -0.1) is 0 Å². The summed E-state index contributed by atoms with van der Waals surface area (Å²) in [4.78, 5) is 0. The fourth-order valence-corrected chi connectivity index (χ4v) is 1.14. The number of halogens is 4.